The van der Waals surface area contributed by atoms with Crippen molar-refractivity contribution in [1.29, 1.82) is 0 Å². The molecule has 0 saturated carbocycles. The first-order valence-corrected chi connectivity index (χ1v) is 5.66. The highest BCUT2D eigenvalue weighted by Gasteiger charge is 2.23. The Kier molecular flexibility index (Phi) is 3.65. The van der Waals surface area contributed by atoms with Gasteiger partial charge in [0.2, 0.25) is 0 Å². The lowest BCUT2D eigenvalue weighted by atomic mass is 10.1. The van der Waals surface area contributed by atoms with Gasteiger partial charge in [0, 0.05) is 10.9 Å². The van der Waals surface area contributed by atoms with Gasteiger partial charge in [-0.05, 0) is 18.2 Å². The van der Waals surface area contributed by atoms with Crippen LogP contribution >= 0.6 is 0 Å². The fourth-order valence-electron chi connectivity index (χ4n) is 1.70. The first-order chi connectivity index (χ1) is 9.47. The molecule has 8 heteroatoms. The number of carboxylic acid groups (broad SMARTS) is 2. The highest BCUT2D eigenvalue weighted by Crippen LogP contribution is 2.13. The van der Waals surface area contributed by atoms with Crippen LogP contribution in [0.25, 0.3) is 10.9 Å². The third kappa shape index (κ3) is 2.91. The molecule has 0 fully saturated rings. The lowest BCUT2D eigenvalue weighted by Crippen LogP contribution is -2.42. The van der Waals surface area contributed by atoms with Crippen LogP contribution in [0, 0.1) is 0 Å². The summed E-state index contributed by atoms with van der Waals surface area (Å²) in [5.41, 5.74) is 0.970. The standard InChI is InChI=1S/C12H11N3O5/c16-10(17)4-9(12(19)20)14-11(18)6-1-2-8-7(3-6)5-13-15-8/h1-3,5,9H,4H2,(H,13,15)(H,14,18)(H,16,17)(H,19,20). The van der Waals surface area contributed by atoms with Crippen LogP contribution < -0.4 is 5.32 Å². The van der Waals surface area contributed by atoms with Gasteiger partial charge in [-0.25, -0.2) is 4.79 Å². The SMILES string of the molecule is O=C(O)CC(NC(=O)c1ccc2[nH]ncc2c1)C(=O)O. The van der Waals surface area contributed by atoms with E-state index in [0.717, 1.165) is 5.52 Å². The summed E-state index contributed by atoms with van der Waals surface area (Å²) in [6.07, 6.45) is 0.840. The van der Waals surface area contributed by atoms with Crippen molar-refractivity contribution in [2.45, 2.75) is 12.5 Å². The zero-order chi connectivity index (χ0) is 14.7. The van der Waals surface area contributed by atoms with Crippen LogP contribution in [0.15, 0.2) is 24.4 Å². The molecule has 2 rings (SSSR count). The normalized spacial score (nSPS) is 12.0. The second kappa shape index (κ2) is 5.39. The van der Waals surface area contributed by atoms with Gasteiger partial charge in [0.05, 0.1) is 18.1 Å². The van der Waals surface area contributed by atoms with E-state index in [2.05, 4.69) is 15.5 Å². The molecule has 0 aliphatic heterocycles. The molecule has 4 N–H and O–H groups in total. The van der Waals surface area contributed by atoms with Gasteiger partial charge >= 0.3 is 11.9 Å². The van der Waals surface area contributed by atoms with Crippen LogP contribution in [-0.2, 0) is 9.59 Å². The van der Waals surface area contributed by atoms with E-state index in [1.165, 1.54) is 18.3 Å². The number of carbonyl (C=O) groups excluding carboxylic acids is 1. The van der Waals surface area contributed by atoms with E-state index in [-0.39, 0.29) is 5.56 Å². The van der Waals surface area contributed by atoms with E-state index < -0.39 is 30.3 Å². The van der Waals surface area contributed by atoms with Crippen molar-refractivity contribution in [3.63, 3.8) is 0 Å². The number of hydrogen-bond acceptors (Lipinski definition) is 4. The third-order valence-corrected chi connectivity index (χ3v) is 2.68. The van der Waals surface area contributed by atoms with Crippen molar-refractivity contribution in [3.8, 4) is 0 Å². The number of amides is 1. The zero-order valence-electron chi connectivity index (χ0n) is 10.2. The zero-order valence-corrected chi connectivity index (χ0v) is 10.2. The van der Waals surface area contributed by atoms with E-state index in [9.17, 15) is 14.4 Å². The molecule has 1 atom stereocenters. The summed E-state index contributed by atoms with van der Waals surface area (Å²) in [4.78, 5) is 33.3. The summed E-state index contributed by atoms with van der Waals surface area (Å²) < 4.78 is 0. The number of H-pyrrole nitrogens is 1. The van der Waals surface area contributed by atoms with E-state index in [4.69, 9.17) is 10.2 Å². The molecule has 0 aliphatic carbocycles. The van der Waals surface area contributed by atoms with E-state index in [1.54, 1.807) is 6.07 Å². The molecule has 1 aromatic carbocycles. The summed E-state index contributed by atoms with van der Waals surface area (Å²) in [6, 6.07) is 3.19. The largest absolute Gasteiger partial charge is 0.481 e. The number of nitrogens with zero attached hydrogens (tertiary/aromatic N) is 1. The van der Waals surface area contributed by atoms with Crippen LogP contribution in [0.2, 0.25) is 0 Å². The van der Waals surface area contributed by atoms with Crippen LogP contribution in [0.1, 0.15) is 16.8 Å². The number of hydrogen-bond donors (Lipinski definition) is 4. The van der Waals surface area contributed by atoms with Gasteiger partial charge in [-0.15, -0.1) is 0 Å². The summed E-state index contributed by atoms with van der Waals surface area (Å²) in [5.74, 6) is -3.35. The molecule has 0 spiro atoms. The number of aromatic nitrogens is 2. The van der Waals surface area contributed by atoms with Crippen LogP contribution in [0.5, 0.6) is 0 Å². The number of aliphatic carboxylic acids is 2. The molecule has 1 aromatic heterocycles. The lowest BCUT2D eigenvalue weighted by Gasteiger charge is -2.12. The maximum Gasteiger partial charge on any atom is 0.326 e. The Morgan fingerprint density at radius 3 is 2.70 bits per heavy atom. The molecular weight excluding hydrogens is 266 g/mol. The molecule has 0 aliphatic rings. The first-order valence-electron chi connectivity index (χ1n) is 5.66. The Hall–Kier alpha value is -2.90. The number of rotatable bonds is 5. The van der Waals surface area contributed by atoms with Crippen molar-refractivity contribution in [3.05, 3.63) is 30.0 Å². The maximum atomic E-state index is 11.9. The molecule has 1 unspecified atom stereocenters. The average Bonchev–Trinajstić information content (AvgIpc) is 2.84. The molecule has 0 saturated heterocycles. The van der Waals surface area contributed by atoms with Crippen molar-refractivity contribution in [2.75, 3.05) is 0 Å². The highest BCUT2D eigenvalue weighted by molar-refractivity contribution is 6.00. The molecule has 104 valence electrons. The van der Waals surface area contributed by atoms with Gasteiger partial charge in [-0.3, -0.25) is 14.7 Å². The van der Waals surface area contributed by atoms with Crippen LogP contribution in [-0.4, -0.2) is 44.3 Å². The molecule has 0 radical (unpaired) electrons. The Labute approximate surface area is 112 Å². The molecule has 8 nitrogen and oxygen atoms in total. The quantitative estimate of drug-likeness (QED) is 0.618. The highest BCUT2D eigenvalue weighted by atomic mass is 16.4. The predicted octanol–water partition coefficient (Wildman–Crippen LogP) is 0.221. The third-order valence-electron chi connectivity index (χ3n) is 2.68. The van der Waals surface area contributed by atoms with E-state index >= 15 is 0 Å². The summed E-state index contributed by atoms with van der Waals surface area (Å²) in [5, 5.41) is 26.9. The number of fused-ring (bicyclic) bond motifs is 1. The topological polar surface area (TPSA) is 132 Å². The number of benzene rings is 1. The minimum absolute atomic E-state index is 0.232. The monoisotopic (exact) mass is 277 g/mol. The minimum atomic E-state index is -1.47. The number of aromatic amines is 1. The second-order valence-corrected chi connectivity index (χ2v) is 4.13. The van der Waals surface area contributed by atoms with Gasteiger partial charge in [-0.2, -0.15) is 5.10 Å². The van der Waals surface area contributed by atoms with E-state index in [1.807, 2.05) is 0 Å². The maximum absolute atomic E-state index is 11.9. The summed E-state index contributed by atoms with van der Waals surface area (Å²) in [7, 11) is 0. The fourth-order valence-corrected chi connectivity index (χ4v) is 1.70. The Morgan fingerprint density at radius 2 is 2.05 bits per heavy atom. The van der Waals surface area contributed by atoms with Gasteiger partial charge in [0.1, 0.15) is 6.04 Å². The molecule has 2 aromatic rings. The molecule has 0 bridgehead atoms. The van der Waals surface area contributed by atoms with Crippen molar-refractivity contribution < 1.29 is 24.6 Å². The van der Waals surface area contributed by atoms with Crippen molar-refractivity contribution >= 4 is 28.7 Å². The second-order valence-electron chi connectivity index (χ2n) is 4.13. The first kappa shape index (κ1) is 13.5. The average molecular weight is 277 g/mol. The van der Waals surface area contributed by atoms with Gasteiger partial charge < -0.3 is 15.5 Å². The smallest absolute Gasteiger partial charge is 0.326 e. The Bertz CT molecular complexity index is 679. The predicted molar refractivity (Wildman–Crippen MR) is 67.2 cm³/mol. The van der Waals surface area contributed by atoms with Crippen molar-refractivity contribution in [2.24, 2.45) is 0 Å². The summed E-state index contributed by atoms with van der Waals surface area (Å²) in [6.45, 7) is 0. The fraction of sp³-hybridized carbons (Fsp3) is 0.167. The molecular formula is C12H11N3O5. The Morgan fingerprint density at radius 1 is 1.30 bits per heavy atom. The molecule has 20 heavy (non-hydrogen) atoms. The Balaban J connectivity index is 2.17. The summed E-state index contributed by atoms with van der Waals surface area (Å²) >= 11 is 0. The van der Waals surface area contributed by atoms with Gasteiger partial charge in [0.25, 0.3) is 5.91 Å². The van der Waals surface area contributed by atoms with Crippen LogP contribution in [0.4, 0.5) is 0 Å². The lowest BCUT2D eigenvalue weighted by molar-refractivity contribution is -0.145. The van der Waals surface area contributed by atoms with Gasteiger partial charge in [0.15, 0.2) is 0 Å². The molecule has 1 amide bonds. The van der Waals surface area contributed by atoms with Gasteiger partial charge in [-0.1, -0.05) is 0 Å². The van der Waals surface area contributed by atoms with Crippen LogP contribution in [0.3, 0.4) is 0 Å². The molecule has 1 heterocycles. The minimum Gasteiger partial charge on any atom is -0.481 e. The number of nitrogens with one attached hydrogen (secondary N) is 2. The number of carboxylic acids is 2. The van der Waals surface area contributed by atoms with E-state index in [0.29, 0.717) is 5.39 Å². The number of carbonyl (C=O) groups is 3. The van der Waals surface area contributed by atoms with Crippen molar-refractivity contribution in [1.82, 2.24) is 15.5 Å².